The van der Waals surface area contributed by atoms with Crippen molar-refractivity contribution in [3.63, 3.8) is 0 Å². The molecule has 0 atom stereocenters. The van der Waals surface area contributed by atoms with E-state index in [1.54, 1.807) is 23.4 Å². The average molecular weight is 404 g/mol. The van der Waals surface area contributed by atoms with Crippen molar-refractivity contribution in [1.82, 2.24) is 4.31 Å². The van der Waals surface area contributed by atoms with Crippen molar-refractivity contribution in [2.75, 3.05) is 13.1 Å². The van der Waals surface area contributed by atoms with Gasteiger partial charge in [-0.2, -0.15) is 4.31 Å². The fourth-order valence-electron chi connectivity index (χ4n) is 4.05. The van der Waals surface area contributed by atoms with E-state index in [4.69, 9.17) is 9.15 Å². The molecule has 1 aliphatic carbocycles. The summed E-state index contributed by atoms with van der Waals surface area (Å²) in [6, 6.07) is 8.58. The number of hydrogen-bond donors (Lipinski definition) is 0. The van der Waals surface area contributed by atoms with Gasteiger partial charge in [0.2, 0.25) is 10.0 Å². The van der Waals surface area contributed by atoms with Crippen LogP contribution in [0, 0.1) is 6.92 Å². The Bertz CT molecular complexity index is 1020. The van der Waals surface area contributed by atoms with Crippen LogP contribution in [0.4, 0.5) is 0 Å². The zero-order valence-electron chi connectivity index (χ0n) is 16.0. The Hall–Kier alpha value is -2.12. The van der Waals surface area contributed by atoms with Gasteiger partial charge in [-0.15, -0.1) is 0 Å². The molecule has 2 heterocycles. The molecule has 0 spiro atoms. The molecule has 1 aromatic carbocycles. The van der Waals surface area contributed by atoms with Crippen molar-refractivity contribution in [3.8, 4) is 5.75 Å². The van der Waals surface area contributed by atoms with Gasteiger partial charge in [0.05, 0.1) is 11.0 Å². The Morgan fingerprint density at radius 2 is 1.75 bits per heavy atom. The predicted octanol–water partition coefficient (Wildman–Crippen LogP) is 3.06. The number of fused-ring (bicyclic) bond motifs is 1. The van der Waals surface area contributed by atoms with Gasteiger partial charge in [-0.25, -0.2) is 13.2 Å². The molecule has 6 nitrogen and oxygen atoms in total. The molecule has 2 aromatic rings. The van der Waals surface area contributed by atoms with Gasteiger partial charge >= 0.3 is 5.63 Å². The van der Waals surface area contributed by atoms with Gasteiger partial charge in [0.1, 0.15) is 17.6 Å². The zero-order valence-corrected chi connectivity index (χ0v) is 16.8. The molecule has 1 aromatic heterocycles. The maximum Gasteiger partial charge on any atom is 0.339 e. The average Bonchev–Trinajstić information content (AvgIpc) is 2.67. The van der Waals surface area contributed by atoms with E-state index in [9.17, 15) is 13.2 Å². The monoisotopic (exact) mass is 403 g/mol. The van der Waals surface area contributed by atoms with Crippen LogP contribution in [0.3, 0.4) is 0 Å². The number of ether oxygens (including phenoxy) is 1. The first-order valence-corrected chi connectivity index (χ1v) is 11.3. The molecule has 4 rings (SSSR count). The molecule has 0 bridgehead atoms. The van der Waals surface area contributed by atoms with Crippen LogP contribution in [0.5, 0.6) is 5.75 Å². The van der Waals surface area contributed by atoms with Crippen molar-refractivity contribution in [3.05, 3.63) is 57.6 Å². The summed E-state index contributed by atoms with van der Waals surface area (Å²) in [5.74, 6) is 0.972. The van der Waals surface area contributed by atoms with Gasteiger partial charge in [0.15, 0.2) is 0 Å². The van der Waals surface area contributed by atoms with E-state index in [0.29, 0.717) is 42.3 Å². The van der Waals surface area contributed by atoms with Crippen LogP contribution >= 0.6 is 0 Å². The summed E-state index contributed by atoms with van der Waals surface area (Å²) in [5.41, 5.74) is 2.01. The third-order valence-corrected chi connectivity index (χ3v) is 7.42. The van der Waals surface area contributed by atoms with E-state index in [2.05, 4.69) is 0 Å². The van der Waals surface area contributed by atoms with Crippen LogP contribution < -0.4 is 10.4 Å². The minimum Gasteiger partial charge on any atom is -0.490 e. The van der Waals surface area contributed by atoms with Crippen molar-refractivity contribution >= 4 is 10.0 Å². The smallest absolute Gasteiger partial charge is 0.339 e. The first kappa shape index (κ1) is 19.2. The lowest BCUT2D eigenvalue weighted by atomic mass is 9.92. The quantitative estimate of drug-likeness (QED) is 0.784. The SMILES string of the molecule is Cc1cc(OC2CCN(S(=O)(=O)c3ccc4c(c3)CCCC4)CC2)cc(=O)o1. The van der Waals surface area contributed by atoms with Crippen LogP contribution in [0.15, 0.2) is 44.4 Å². The maximum absolute atomic E-state index is 13.1. The van der Waals surface area contributed by atoms with Gasteiger partial charge in [0.25, 0.3) is 0 Å². The highest BCUT2D eigenvalue weighted by molar-refractivity contribution is 7.89. The summed E-state index contributed by atoms with van der Waals surface area (Å²) in [6.45, 7) is 2.51. The number of hydrogen-bond acceptors (Lipinski definition) is 5. The summed E-state index contributed by atoms with van der Waals surface area (Å²) in [4.78, 5) is 11.9. The number of rotatable bonds is 4. The van der Waals surface area contributed by atoms with E-state index in [-0.39, 0.29) is 6.10 Å². The first-order valence-electron chi connectivity index (χ1n) is 9.82. The Balaban J connectivity index is 1.43. The standard InChI is InChI=1S/C21H25NO5S/c1-15-12-19(14-21(23)26-15)27-18-8-10-22(11-9-18)28(24,25)20-7-6-16-4-2-3-5-17(16)13-20/h6-7,12-14,18H,2-5,8-11H2,1H3. The molecule has 0 unspecified atom stereocenters. The number of benzene rings is 1. The molecule has 1 saturated heterocycles. The molecular weight excluding hydrogens is 378 g/mol. The van der Waals surface area contributed by atoms with Crippen molar-refractivity contribution in [2.24, 2.45) is 0 Å². The molecule has 2 aliphatic rings. The minimum atomic E-state index is -3.49. The summed E-state index contributed by atoms with van der Waals surface area (Å²) >= 11 is 0. The zero-order chi connectivity index (χ0) is 19.7. The first-order chi connectivity index (χ1) is 13.4. The third kappa shape index (κ3) is 4.00. The van der Waals surface area contributed by atoms with Crippen molar-refractivity contribution < 1.29 is 17.6 Å². The van der Waals surface area contributed by atoms with Crippen molar-refractivity contribution in [2.45, 2.75) is 56.4 Å². The van der Waals surface area contributed by atoms with Crippen LogP contribution in [0.25, 0.3) is 0 Å². The highest BCUT2D eigenvalue weighted by atomic mass is 32.2. The Morgan fingerprint density at radius 3 is 2.46 bits per heavy atom. The lowest BCUT2D eigenvalue weighted by Gasteiger charge is -2.31. The predicted molar refractivity (Wildman–Crippen MR) is 105 cm³/mol. The topological polar surface area (TPSA) is 76.8 Å². The fourth-order valence-corrected chi connectivity index (χ4v) is 5.57. The molecular formula is C21H25NO5S. The van der Waals surface area contributed by atoms with E-state index < -0.39 is 15.6 Å². The minimum absolute atomic E-state index is 0.115. The number of piperidine rings is 1. The molecule has 0 amide bonds. The van der Waals surface area contributed by atoms with Gasteiger partial charge in [0, 0.05) is 19.2 Å². The lowest BCUT2D eigenvalue weighted by molar-refractivity contribution is 0.134. The van der Waals surface area contributed by atoms with E-state index in [1.165, 1.54) is 23.6 Å². The number of aryl methyl sites for hydroxylation is 3. The molecule has 1 aliphatic heterocycles. The van der Waals surface area contributed by atoms with Gasteiger partial charge in [-0.1, -0.05) is 6.07 Å². The second-order valence-electron chi connectivity index (χ2n) is 7.58. The molecule has 0 N–H and O–H groups in total. The summed E-state index contributed by atoms with van der Waals surface area (Å²) in [7, 11) is -3.49. The largest absolute Gasteiger partial charge is 0.490 e. The van der Waals surface area contributed by atoms with Gasteiger partial charge < -0.3 is 9.15 Å². The highest BCUT2D eigenvalue weighted by Gasteiger charge is 2.30. The normalized spacial score (nSPS) is 18.6. The summed E-state index contributed by atoms with van der Waals surface area (Å²) < 4.78 is 38.5. The van der Waals surface area contributed by atoms with Crippen LogP contribution in [0.2, 0.25) is 0 Å². The van der Waals surface area contributed by atoms with Gasteiger partial charge in [-0.3, -0.25) is 0 Å². The molecule has 28 heavy (non-hydrogen) atoms. The number of sulfonamides is 1. The fraction of sp³-hybridized carbons (Fsp3) is 0.476. The molecule has 0 radical (unpaired) electrons. The Kier molecular flexibility index (Phi) is 5.29. The maximum atomic E-state index is 13.1. The summed E-state index contributed by atoms with van der Waals surface area (Å²) in [6.07, 6.45) is 5.35. The molecule has 1 fully saturated rings. The van der Waals surface area contributed by atoms with E-state index in [1.807, 2.05) is 12.1 Å². The molecule has 0 saturated carbocycles. The van der Waals surface area contributed by atoms with Crippen LogP contribution in [0.1, 0.15) is 42.6 Å². The van der Waals surface area contributed by atoms with Crippen molar-refractivity contribution in [1.29, 1.82) is 0 Å². The summed E-state index contributed by atoms with van der Waals surface area (Å²) in [5, 5.41) is 0. The van der Waals surface area contributed by atoms with Crippen LogP contribution in [-0.4, -0.2) is 31.9 Å². The Morgan fingerprint density at radius 1 is 1.04 bits per heavy atom. The van der Waals surface area contributed by atoms with E-state index >= 15 is 0 Å². The van der Waals surface area contributed by atoms with Crippen LogP contribution in [-0.2, 0) is 22.9 Å². The lowest BCUT2D eigenvalue weighted by Crippen LogP contribution is -2.41. The molecule has 150 valence electrons. The molecule has 7 heteroatoms. The highest BCUT2D eigenvalue weighted by Crippen LogP contribution is 2.28. The second kappa shape index (κ2) is 7.72. The second-order valence-corrected chi connectivity index (χ2v) is 9.52. The third-order valence-electron chi connectivity index (χ3n) is 5.53. The Labute approximate surface area is 165 Å². The van der Waals surface area contributed by atoms with Gasteiger partial charge in [-0.05, 0) is 68.7 Å². The van der Waals surface area contributed by atoms with E-state index in [0.717, 1.165) is 19.3 Å². The number of nitrogens with zero attached hydrogens (tertiary/aromatic N) is 1.